The second-order valence-electron chi connectivity index (χ2n) is 8.15. The molecule has 0 atom stereocenters. The Morgan fingerprint density at radius 2 is 1.30 bits per heavy atom. The van der Waals surface area contributed by atoms with Gasteiger partial charge in [-0.15, -0.1) is 0 Å². The highest BCUT2D eigenvalue weighted by molar-refractivity contribution is 6.28. The highest BCUT2D eigenvalue weighted by atomic mass is 15.1. The van der Waals surface area contributed by atoms with Crippen molar-refractivity contribution in [2.45, 2.75) is 13.0 Å². The predicted molar refractivity (Wildman–Crippen MR) is 130 cm³/mol. The molecular formula is C29H23N. The third kappa shape index (κ3) is 2.78. The van der Waals surface area contributed by atoms with Crippen molar-refractivity contribution < 1.29 is 0 Å². The number of allylic oxidation sites excluding steroid dienone is 2. The molecule has 0 aromatic heterocycles. The first-order valence-corrected chi connectivity index (χ1v) is 10.7. The van der Waals surface area contributed by atoms with Crippen LogP contribution in [0.25, 0.3) is 43.1 Å². The van der Waals surface area contributed by atoms with Gasteiger partial charge in [0.2, 0.25) is 0 Å². The Labute approximate surface area is 176 Å². The van der Waals surface area contributed by atoms with Crippen molar-refractivity contribution in [2.75, 3.05) is 6.54 Å². The number of fused-ring (bicyclic) bond motifs is 7. The minimum atomic E-state index is 0.915. The molecule has 144 valence electrons. The molecule has 0 radical (unpaired) electrons. The van der Waals surface area contributed by atoms with Gasteiger partial charge in [-0.25, -0.2) is 0 Å². The summed E-state index contributed by atoms with van der Waals surface area (Å²) >= 11 is 0. The zero-order valence-electron chi connectivity index (χ0n) is 16.9. The molecule has 0 aliphatic carbocycles. The van der Waals surface area contributed by atoms with Gasteiger partial charge in [0, 0.05) is 13.1 Å². The Kier molecular flexibility index (Phi) is 4.06. The van der Waals surface area contributed by atoms with Crippen LogP contribution in [0.2, 0.25) is 0 Å². The molecule has 0 amide bonds. The molecule has 1 heteroatoms. The van der Waals surface area contributed by atoms with Crippen LogP contribution >= 0.6 is 0 Å². The molecule has 1 nitrogen and oxygen atoms in total. The maximum atomic E-state index is 2.40. The van der Waals surface area contributed by atoms with E-state index in [1.165, 1.54) is 48.7 Å². The minimum Gasteiger partial charge on any atom is -0.370 e. The largest absolute Gasteiger partial charge is 0.370 e. The maximum Gasteiger partial charge on any atom is 0.0433 e. The van der Waals surface area contributed by atoms with Crippen LogP contribution in [0, 0.1) is 0 Å². The molecule has 1 aliphatic rings. The number of rotatable bonds is 2. The zero-order valence-corrected chi connectivity index (χ0v) is 16.9. The van der Waals surface area contributed by atoms with Crippen LogP contribution in [-0.4, -0.2) is 11.4 Å². The first kappa shape index (κ1) is 17.3. The van der Waals surface area contributed by atoms with E-state index in [0.717, 1.165) is 19.5 Å². The molecule has 0 unspecified atom stereocenters. The Hall–Kier alpha value is -3.58. The molecule has 5 aromatic rings. The van der Waals surface area contributed by atoms with Gasteiger partial charge in [0.25, 0.3) is 0 Å². The predicted octanol–water partition coefficient (Wildman–Crippen LogP) is 7.58. The maximum absolute atomic E-state index is 2.40. The van der Waals surface area contributed by atoms with Crippen LogP contribution in [0.15, 0.2) is 103 Å². The Bertz CT molecular complexity index is 1470. The third-order valence-corrected chi connectivity index (χ3v) is 6.28. The monoisotopic (exact) mass is 385 g/mol. The van der Waals surface area contributed by atoms with Crippen LogP contribution in [0.4, 0.5) is 0 Å². The second kappa shape index (κ2) is 7.03. The van der Waals surface area contributed by atoms with E-state index in [9.17, 15) is 0 Å². The van der Waals surface area contributed by atoms with E-state index >= 15 is 0 Å². The summed E-state index contributed by atoms with van der Waals surface area (Å²) in [5, 5.41) is 10.7. The molecule has 0 spiro atoms. The fourth-order valence-electron chi connectivity index (χ4n) is 4.88. The Morgan fingerprint density at radius 1 is 0.600 bits per heavy atom. The second-order valence-corrected chi connectivity index (χ2v) is 8.15. The van der Waals surface area contributed by atoms with Crippen molar-refractivity contribution in [2.24, 2.45) is 0 Å². The average molecular weight is 386 g/mol. The smallest absolute Gasteiger partial charge is 0.0433 e. The first-order valence-electron chi connectivity index (χ1n) is 10.7. The number of hydrogen-bond acceptors (Lipinski definition) is 1. The van der Waals surface area contributed by atoms with Gasteiger partial charge < -0.3 is 4.90 Å². The number of hydrogen-bond donors (Lipinski definition) is 0. The summed E-state index contributed by atoms with van der Waals surface area (Å²) < 4.78 is 0. The van der Waals surface area contributed by atoms with Crippen molar-refractivity contribution in [3.8, 4) is 0 Å². The molecule has 0 saturated carbocycles. The number of benzene rings is 5. The van der Waals surface area contributed by atoms with E-state index in [-0.39, 0.29) is 0 Å². The molecule has 1 aliphatic heterocycles. The van der Waals surface area contributed by atoms with E-state index in [4.69, 9.17) is 0 Å². The van der Waals surface area contributed by atoms with Gasteiger partial charge in [0.05, 0.1) is 0 Å². The molecule has 30 heavy (non-hydrogen) atoms. The first-order chi connectivity index (χ1) is 14.9. The molecule has 5 aromatic carbocycles. The summed E-state index contributed by atoms with van der Waals surface area (Å²) in [7, 11) is 0. The van der Waals surface area contributed by atoms with E-state index in [0.29, 0.717) is 0 Å². The molecular weight excluding hydrogens is 362 g/mol. The standard InChI is InChI=1S/C29H23N/c1-2-8-18-30(17-7-1)20-24-19-23-14-13-21-9-3-5-11-25(21)28(23)29-26-12-6-4-10-22(26)15-16-27(24)29/h1,3-16,18-19H,2,17,20H2. The highest BCUT2D eigenvalue weighted by Crippen LogP contribution is 2.38. The summed E-state index contributed by atoms with van der Waals surface area (Å²) in [4.78, 5) is 2.40. The normalized spacial score (nSPS) is 14.2. The van der Waals surface area contributed by atoms with Crippen molar-refractivity contribution >= 4 is 43.1 Å². The van der Waals surface area contributed by atoms with Gasteiger partial charge in [-0.05, 0) is 67.3 Å². The SMILES string of the molecule is C1=CCN(Cc2cc3ccc4ccccc4c3c3c2ccc2ccccc23)C=CC1. The quantitative estimate of drug-likeness (QED) is 0.224. The van der Waals surface area contributed by atoms with E-state index in [2.05, 4.69) is 108 Å². The van der Waals surface area contributed by atoms with Gasteiger partial charge in [-0.2, -0.15) is 0 Å². The molecule has 0 bridgehead atoms. The average Bonchev–Trinajstić information content (AvgIpc) is 3.07. The lowest BCUT2D eigenvalue weighted by Gasteiger charge is -2.21. The summed E-state index contributed by atoms with van der Waals surface area (Å²) in [6.07, 6.45) is 10.0. The lowest BCUT2D eigenvalue weighted by atomic mass is 9.90. The van der Waals surface area contributed by atoms with Crippen LogP contribution in [0.5, 0.6) is 0 Å². The molecule has 0 saturated heterocycles. The van der Waals surface area contributed by atoms with Crippen LogP contribution < -0.4 is 0 Å². The summed E-state index contributed by atoms with van der Waals surface area (Å²) in [5.41, 5.74) is 1.39. The topological polar surface area (TPSA) is 3.24 Å². The van der Waals surface area contributed by atoms with Gasteiger partial charge in [-0.3, -0.25) is 0 Å². The van der Waals surface area contributed by atoms with Crippen molar-refractivity contribution in [3.05, 3.63) is 109 Å². The fraction of sp³-hybridized carbons (Fsp3) is 0.103. The van der Waals surface area contributed by atoms with Gasteiger partial charge in [0.15, 0.2) is 0 Å². The third-order valence-electron chi connectivity index (χ3n) is 6.28. The van der Waals surface area contributed by atoms with Gasteiger partial charge in [0.1, 0.15) is 0 Å². The van der Waals surface area contributed by atoms with Crippen LogP contribution in [0.3, 0.4) is 0 Å². The minimum absolute atomic E-state index is 0.915. The van der Waals surface area contributed by atoms with Crippen LogP contribution in [0.1, 0.15) is 12.0 Å². The lowest BCUT2D eigenvalue weighted by molar-refractivity contribution is 0.412. The van der Waals surface area contributed by atoms with E-state index in [1.807, 2.05) is 0 Å². The molecule has 0 N–H and O–H groups in total. The van der Waals surface area contributed by atoms with Crippen LogP contribution in [-0.2, 0) is 6.54 Å². The zero-order chi connectivity index (χ0) is 19.9. The van der Waals surface area contributed by atoms with Gasteiger partial charge >= 0.3 is 0 Å². The number of nitrogens with zero attached hydrogens (tertiary/aromatic N) is 1. The molecule has 0 fully saturated rings. The Balaban J connectivity index is 1.73. The summed E-state index contributed by atoms with van der Waals surface area (Å²) in [6, 6.07) is 29.1. The fourth-order valence-corrected chi connectivity index (χ4v) is 4.88. The van der Waals surface area contributed by atoms with Crippen molar-refractivity contribution in [1.29, 1.82) is 0 Å². The van der Waals surface area contributed by atoms with E-state index < -0.39 is 0 Å². The Morgan fingerprint density at radius 3 is 2.13 bits per heavy atom. The highest BCUT2D eigenvalue weighted by Gasteiger charge is 2.14. The van der Waals surface area contributed by atoms with Gasteiger partial charge in [-0.1, -0.05) is 91.0 Å². The summed E-state index contributed by atoms with van der Waals surface area (Å²) in [5.74, 6) is 0. The van der Waals surface area contributed by atoms with E-state index in [1.54, 1.807) is 0 Å². The molecule has 6 rings (SSSR count). The molecule has 1 heterocycles. The van der Waals surface area contributed by atoms with Crippen molar-refractivity contribution in [1.82, 2.24) is 4.90 Å². The lowest BCUT2D eigenvalue weighted by Crippen LogP contribution is -2.16. The van der Waals surface area contributed by atoms with Crippen molar-refractivity contribution in [3.63, 3.8) is 0 Å². The summed E-state index contributed by atoms with van der Waals surface area (Å²) in [6.45, 7) is 1.87.